The first-order valence-electron chi connectivity index (χ1n) is 8.74. The molecule has 2 aromatic rings. The molecule has 0 aliphatic carbocycles. The van der Waals surface area contributed by atoms with Crippen LogP contribution in [0.5, 0.6) is 5.75 Å². The highest BCUT2D eigenvalue weighted by Crippen LogP contribution is 2.53. The Morgan fingerprint density at radius 1 is 1.04 bits per heavy atom. The third-order valence-electron chi connectivity index (χ3n) is 5.09. The van der Waals surface area contributed by atoms with Gasteiger partial charge in [-0.3, -0.25) is 9.69 Å². The summed E-state index contributed by atoms with van der Waals surface area (Å²) in [6, 6.07) is 19.4. The fourth-order valence-corrected chi connectivity index (χ4v) is 4.30. The van der Waals surface area contributed by atoms with Crippen molar-refractivity contribution in [2.75, 3.05) is 0 Å². The highest BCUT2D eigenvalue weighted by Gasteiger charge is 2.70. The van der Waals surface area contributed by atoms with Crippen LogP contribution in [-0.2, 0) is 15.3 Å². The number of carbonyl (C=O) groups excluding carboxylic acids is 1. The number of benzene rings is 2. The van der Waals surface area contributed by atoms with Crippen LogP contribution in [0.1, 0.15) is 32.8 Å². The van der Waals surface area contributed by atoms with Crippen LogP contribution in [0.2, 0.25) is 0 Å². The van der Waals surface area contributed by atoms with E-state index in [4.69, 9.17) is 9.47 Å². The number of amides is 1. The van der Waals surface area contributed by atoms with Crippen molar-refractivity contribution in [2.45, 2.75) is 50.7 Å². The number of para-hydroxylation sites is 1. The summed E-state index contributed by atoms with van der Waals surface area (Å²) in [5.41, 5.74) is -0.216. The Labute approximate surface area is 148 Å². The maximum atomic E-state index is 13.0. The molecule has 2 aliphatic heterocycles. The molecule has 0 spiro atoms. The lowest BCUT2D eigenvalue weighted by Gasteiger charge is -2.65. The number of hydrogen-bond donors (Lipinski definition) is 0. The largest absolute Gasteiger partial charge is 0.475 e. The summed E-state index contributed by atoms with van der Waals surface area (Å²) < 4.78 is 12.5. The molecule has 3 unspecified atom stereocenters. The van der Waals surface area contributed by atoms with Crippen LogP contribution in [0.15, 0.2) is 60.7 Å². The van der Waals surface area contributed by atoms with Gasteiger partial charge in [-0.1, -0.05) is 48.5 Å². The molecular formula is C21H23NO3. The molecular weight excluding hydrogens is 314 g/mol. The molecule has 4 nitrogen and oxygen atoms in total. The Kier molecular flexibility index (Phi) is 3.62. The molecule has 4 heteroatoms. The van der Waals surface area contributed by atoms with E-state index in [0.717, 1.165) is 12.0 Å². The second-order valence-electron chi connectivity index (χ2n) is 7.49. The number of β-lactam (4-membered cyclic amide) rings is 1. The number of carbonyl (C=O) groups is 1. The van der Waals surface area contributed by atoms with Crippen LogP contribution < -0.4 is 4.74 Å². The van der Waals surface area contributed by atoms with Gasteiger partial charge in [0.1, 0.15) is 5.75 Å². The quantitative estimate of drug-likeness (QED) is 0.801. The first-order chi connectivity index (χ1) is 11.9. The summed E-state index contributed by atoms with van der Waals surface area (Å²) >= 11 is 0. The molecule has 130 valence electrons. The molecule has 2 saturated heterocycles. The van der Waals surface area contributed by atoms with Crippen molar-refractivity contribution in [3.8, 4) is 5.75 Å². The van der Waals surface area contributed by atoms with Gasteiger partial charge in [-0.2, -0.15) is 0 Å². The standard InChI is InChI=1S/C21H23NO3/c1-15-14-20(2,3)22-19(23)18(24-17-12-8-5-9-13-17)21(22,25-15)16-10-6-4-7-11-16/h4-13,15,18H,14H2,1-3H3. The maximum absolute atomic E-state index is 13.0. The molecule has 0 aromatic heterocycles. The van der Waals surface area contributed by atoms with Crippen LogP contribution in [0, 0.1) is 0 Å². The zero-order chi connectivity index (χ0) is 17.7. The molecule has 1 amide bonds. The average Bonchev–Trinajstić information content (AvgIpc) is 2.59. The van der Waals surface area contributed by atoms with Gasteiger partial charge in [0, 0.05) is 11.1 Å². The first kappa shape index (κ1) is 16.2. The van der Waals surface area contributed by atoms with Crippen LogP contribution >= 0.6 is 0 Å². The summed E-state index contributed by atoms with van der Waals surface area (Å²) in [5.74, 6) is 0.653. The lowest BCUT2D eigenvalue weighted by atomic mass is 9.76. The summed E-state index contributed by atoms with van der Waals surface area (Å²) in [6.45, 7) is 6.26. The topological polar surface area (TPSA) is 38.8 Å². The van der Waals surface area contributed by atoms with Gasteiger partial charge in [0.15, 0.2) is 0 Å². The van der Waals surface area contributed by atoms with E-state index in [1.54, 1.807) is 0 Å². The number of ether oxygens (including phenoxy) is 2. The molecule has 4 rings (SSSR count). The first-order valence-corrected chi connectivity index (χ1v) is 8.74. The molecule has 2 fully saturated rings. The minimum Gasteiger partial charge on any atom is -0.475 e. The monoisotopic (exact) mass is 337 g/mol. The van der Waals surface area contributed by atoms with Crippen molar-refractivity contribution in [1.29, 1.82) is 0 Å². The Hall–Kier alpha value is -2.33. The Balaban J connectivity index is 1.80. The van der Waals surface area contributed by atoms with E-state index in [9.17, 15) is 4.79 Å². The van der Waals surface area contributed by atoms with Crippen molar-refractivity contribution >= 4 is 5.91 Å². The van der Waals surface area contributed by atoms with Crippen molar-refractivity contribution in [3.63, 3.8) is 0 Å². The van der Waals surface area contributed by atoms with E-state index in [-0.39, 0.29) is 17.6 Å². The van der Waals surface area contributed by atoms with E-state index in [1.165, 1.54) is 0 Å². The van der Waals surface area contributed by atoms with Crippen LogP contribution in [0.25, 0.3) is 0 Å². The Morgan fingerprint density at radius 2 is 1.64 bits per heavy atom. The number of nitrogens with zero attached hydrogens (tertiary/aromatic N) is 1. The van der Waals surface area contributed by atoms with Gasteiger partial charge in [-0.15, -0.1) is 0 Å². The highest BCUT2D eigenvalue weighted by molar-refractivity contribution is 5.91. The van der Waals surface area contributed by atoms with Gasteiger partial charge in [0.2, 0.25) is 11.8 Å². The van der Waals surface area contributed by atoms with Gasteiger partial charge in [0.05, 0.1) is 6.10 Å². The second-order valence-corrected chi connectivity index (χ2v) is 7.49. The SMILES string of the molecule is CC1CC(C)(C)N2C(=O)C(Oc3ccccc3)C2(c2ccccc2)O1. The fourth-order valence-electron chi connectivity index (χ4n) is 4.30. The van der Waals surface area contributed by atoms with Crippen LogP contribution in [-0.4, -0.2) is 28.6 Å². The zero-order valence-electron chi connectivity index (χ0n) is 14.8. The van der Waals surface area contributed by atoms with Gasteiger partial charge in [0.25, 0.3) is 5.91 Å². The Bertz CT molecular complexity index is 774. The summed E-state index contributed by atoms with van der Waals surface area (Å²) in [7, 11) is 0. The van der Waals surface area contributed by atoms with Crippen molar-refractivity contribution in [2.24, 2.45) is 0 Å². The van der Waals surface area contributed by atoms with E-state index < -0.39 is 11.8 Å². The summed E-state index contributed by atoms with van der Waals surface area (Å²) in [4.78, 5) is 14.9. The lowest BCUT2D eigenvalue weighted by molar-refractivity contribution is -0.326. The fraction of sp³-hybridized carbons (Fsp3) is 0.381. The normalized spacial score (nSPS) is 30.4. The summed E-state index contributed by atoms with van der Waals surface area (Å²) in [5, 5.41) is 0. The van der Waals surface area contributed by atoms with E-state index in [0.29, 0.717) is 5.75 Å². The van der Waals surface area contributed by atoms with Crippen molar-refractivity contribution in [1.82, 2.24) is 4.90 Å². The molecule has 2 aliphatic rings. The minimum absolute atomic E-state index is 0.0235. The minimum atomic E-state index is -0.880. The third-order valence-corrected chi connectivity index (χ3v) is 5.09. The van der Waals surface area contributed by atoms with E-state index in [1.807, 2.05) is 65.6 Å². The number of rotatable bonds is 3. The number of hydrogen-bond acceptors (Lipinski definition) is 3. The summed E-state index contributed by atoms with van der Waals surface area (Å²) in [6.07, 6.45) is 0.145. The molecule has 0 N–H and O–H groups in total. The smallest absolute Gasteiger partial charge is 0.272 e. The van der Waals surface area contributed by atoms with Gasteiger partial charge in [-0.05, 0) is 39.3 Å². The predicted octanol–water partition coefficient (Wildman–Crippen LogP) is 3.72. The number of fused-ring (bicyclic) bond motifs is 1. The van der Waals surface area contributed by atoms with Gasteiger partial charge < -0.3 is 9.47 Å². The van der Waals surface area contributed by atoms with Crippen LogP contribution in [0.3, 0.4) is 0 Å². The molecule has 25 heavy (non-hydrogen) atoms. The zero-order valence-corrected chi connectivity index (χ0v) is 14.8. The molecule has 0 bridgehead atoms. The Morgan fingerprint density at radius 3 is 2.28 bits per heavy atom. The maximum Gasteiger partial charge on any atom is 0.272 e. The van der Waals surface area contributed by atoms with Crippen LogP contribution in [0.4, 0.5) is 0 Å². The van der Waals surface area contributed by atoms with Crippen molar-refractivity contribution < 1.29 is 14.3 Å². The van der Waals surface area contributed by atoms with E-state index >= 15 is 0 Å². The molecule has 0 saturated carbocycles. The molecule has 3 atom stereocenters. The van der Waals surface area contributed by atoms with Crippen molar-refractivity contribution in [3.05, 3.63) is 66.2 Å². The third kappa shape index (κ3) is 2.35. The average molecular weight is 337 g/mol. The molecule has 2 aromatic carbocycles. The molecule has 2 heterocycles. The predicted molar refractivity (Wildman–Crippen MR) is 95.1 cm³/mol. The van der Waals surface area contributed by atoms with E-state index in [2.05, 4.69) is 20.8 Å². The lowest BCUT2D eigenvalue weighted by Crippen LogP contribution is -2.82. The molecule has 0 radical (unpaired) electrons. The second kappa shape index (κ2) is 5.60. The van der Waals surface area contributed by atoms with Gasteiger partial charge >= 0.3 is 0 Å². The van der Waals surface area contributed by atoms with Gasteiger partial charge in [-0.25, -0.2) is 0 Å². The highest BCUT2D eigenvalue weighted by atomic mass is 16.6.